The van der Waals surface area contributed by atoms with E-state index in [1.54, 1.807) is 13.0 Å². The van der Waals surface area contributed by atoms with Gasteiger partial charge < -0.3 is 30.5 Å². The molecule has 122 valence electrons. The number of aryl methyl sites for hydroxylation is 1. The molecule has 1 fully saturated rings. The van der Waals surface area contributed by atoms with Crippen molar-refractivity contribution in [1.29, 1.82) is 0 Å². The van der Waals surface area contributed by atoms with Crippen LogP contribution in [0.15, 0.2) is 18.2 Å². The molecule has 9 heteroatoms. The largest absolute Gasteiger partial charge is 0.394 e. The van der Waals surface area contributed by atoms with Crippen LogP contribution in [0.5, 0.6) is 0 Å². The van der Waals surface area contributed by atoms with E-state index >= 15 is 0 Å². The minimum absolute atomic E-state index is 0.0926. The van der Waals surface area contributed by atoms with Gasteiger partial charge in [0.15, 0.2) is 6.23 Å². The van der Waals surface area contributed by atoms with Crippen molar-refractivity contribution >= 4 is 11.4 Å². The number of nitro groups is 1. The Hall–Kier alpha value is -1.78. The van der Waals surface area contributed by atoms with E-state index in [4.69, 9.17) is 9.84 Å². The van der Waals surface area contributed by atoms with Crippen molar-refractivity contribution < 1.29 is 30.1 Å². The van der Waals surface area contributed by atoms with E-state index in [0.29, 0.717) is 11.3 Å². The highest BCUT2D eigenvalue weighted by molar-refractivity contribution is 5.55. The summed E-state index contributed by atoms with van der Waals surface area (Å²) in [5.41, 5.74) is 0.717. The molecule has 22 heavy (non-hydrogen) atoms. The smallest absolute Gasteiger partial charge is 0.274 e. The minimum atomic E-state index is -1.39. The molecule has 1 aromatic carbocycles. The van der Waals surface area contributed by atoms with Crippen LogP contribution in [0.3, 0.4) is 0 Å². The summed E-state index contributed by atoms with van der Waals surface area (Å²) >= 11 is 0. The van der Waals surface area contributed by atoms with Crippen LogP contribution in [0.2, 0.25) is 0 Å². The number of ether oxygens (including phenoxy) is 1. The predicted molar refractivity (Wildman–Crippen MR) is 75.2 cm³/mol. The van der Waals surface area contributed by atoms with Gasteiger partial charge >= 0.3 is 0 Å². The van der Waals surface area contributed by atoms with Crippen molar-refractivity contribution in [2.24, 2.45) is 0 Å². The third-order valence-corrected chi connectivity index (χ3v) is 3.58. The van der Waals surface area contributed by atoms with Crippen molar-refractivity contribution in [3.63, 3.8) is 0 Å². The van der Waals surface area contributed by atoms with E-state index in [-0.39, 0.29) is 5.69 Å². The summed E-state index contributed by atoms with van der Waals surface area (Å²) in [6.07, 6.45) is -6.31. The summed E-state index contributed by atoms with van der Waals surface area (Å²) in [5.74, 6) is 0. The van der Waals surface area contributed by atoms with E-state index in [2.05, 4.69) is 5.32 Å². The van der Waals surface area contributed by atoms with E-state index in [1.807, 2.05) is 0 Å². The Morgan fingerprint density at radius 2 is 2.09 bits per heavy atom. The number of nitrogens with one attached hydrogen (secondary N) is 1. The molecule has 5 N–H and O–H groups in total. The van der Waals surface area contributed by atoms with E-state index < -0.39 is 42.2 Å². The lowest BCUT2D eigenvalue weighted by Crippen LogP contribution is -2.40. The SMILES string of the molecule is Cc1ccc(N[C@H]2O[C@H](C(O)CO)[C@H](O)[C@H]2O)cc1[N+](=O)[O-]. The molecule has 0 aromatic heterocycles. The molecule has 1 aliphatic heterocycles. The molecule has 1 unspecified atom stereocenters. The van der Waals surface area contributed by atoms with Gasteiger partial charge in [0.05, 0.1) is 11.5 Å². The van der Waals surface area contributed by atoms with Gasteiger partial charge in [-0.15, -0.1) is 0 Å². The Balaban J connectivity index is 2.14. The second kappa shape index (κ2) is 6.55. The van der Waals surface area contributed by atoms with Crippen molar-refractivity contribution in [3.05, 3.63) is 33.9 Å². The van der Waals surface area contributed by atoms with Crippen LogP contribution in [0, 0.1) is 17.0 Å². The van der Waals surface area contributed by atoms with E-state index in [9.17, 15) is 25.4 Å². The average molecular weight is 314 g/mol. The van der Waals surface area contributed by atoms with Crippen molar-refractivity contribution in [1.82, 2.24) is 0 Å². The second-order valence-electron chi connectivity index (χ2n) is 5.16. The van der Waals surface area contributed by atoms with Gasteiger partial charge in [0, 0.05) is 17.3 Å². The van der Waals surface area contributed by atoms with Crippen LogP contribution in [-0.2, 0) is 4.74 Å². The summed E-state index contributed by atoms with van der Waals surface area (Å²) in [6.45, 7) is 0.970. The Labute approximate surface area is 125 Å². The zero-order valence-corrected chi connectivity index (χ0v) is 11.8. The fourth-order valence-electron chi connectivity index (χ4n) is 2.31. The van der Waals surface area contributed by atoms with Crippen LogP contribution in [0.1, 0.15) is 5.56 Å². The lowest BCUT2D eigenvalue weighted by Gasteiger charge is -2.19. The van der Waals surface area contributed by atoms with Gasteiger partial charge in [-0.05, 0) is 13.0 Å². The number of hydrogen-bond acceptors (Lipinski definition) is 8. The Morgan fingerprint density at radius 3 is 2.68 bits per heavy atom. The first-order valence-electron chi connectivity index (χ1n) is 6.67. The van der Waals surface area contributed by atoms with Gasteiger partial charge in [0.25, 0.3) is 5.69 Å². The third-order valence-electron chi connectivity index (χ3n) is 3.58. The molecule has 9 nitrogen and oxygen atoms in total. The molecule has 0 aliphatic carbocycles. The zero-order chi connectivity index (χ0) is 16.4. The number of aliphatic hydroxyl groups excluding tert-OH is 4. The van der Waals surface area contributed by atoms with Crippen LogP contribution in [0.4, 0.5) is 11.4 Å². The summed E-state index contributed by atoms with van der Waals surface area (Å²) in [5, 5.41) is 51.7. The molecule has 1 saturated heterocycles. The van der Waals surface area contributed by atoms with Gasteiger partial charge in [-0.3, -0.25) is 10.1 Å². The molecule has 0 spiro atoms. The Bertz CT molecular complexity index is 553. The van der Waals surface area contributed by atoms with Crippen LogP contribution in [0.25, 0.3) is 0 Å². The Kier molecular flexibility index (Phi) is 4.94. The lowest BCUT2D eigenvalue weighted by molar-refractivity contribution is -0.385. The molecular weight excluding hydrogens is 296 g/mol. The van der Waals surface area contributed by atoms with Gasteiger partial charge in [-0.1, -0.05) is 6.07 Å². The quantitative estimate of drug-likeness (QED) is 0.348. The van der Waals surface area contributed by atoms with Gasteiger partial charge in [-0.25, -0.2) is 0 Å². The van der Waals surface area contributed by atoms with Crippen LogP contribution in [-0.4, -0.2) is 62.6 Å². The number of nitrogens with zero attached hydrogens (tertiary/aromatic N) is 1. The number of hydrogen-bond donors (Lipinski definition) is 5. The highest BCUT2D eigenvalue weighted by atomic mass is 16.6. The number of benzene rings is 1. The normalized spacial score (nSPS) is 29.3. The number of nitro benzene ring substituents is 1. The van der Waals surface area contributed by atoms with Gasteiger partial charge in [-0.2, -0.15) is 0 Å². The first kappa shape index (κ1) is 16.6. The highest BCUT2D eigenvalue weighted by Crippen LogP contribution is 2.28. The van der Waals surface area contributed by atoms with Crippen molar-refractivity contribution in [2.45, 2.75) is 37.6 Å². The maximum absolute atomic E-state index is 10.9. The predicted octanol–water partition coefficient (Wildman–Crippen LogP) is -0.885. The molecule has 1 aliphatic rings. The fraction of sp³-hybridized carbons (Fsp3) is 0.538. The summed E-state index contributed by atoms with van der Waals surface area (Å²) in [4.78, 5) is 10.4. The highest BCUT2D eigenvalue weighted by Gasteiger charge is 2.45. The van der Waals surface area contributed by atoms with Gasteiger partial charge in [0.2, 0.25) is 0 Å². The molecule has 1 aromatic rings. The lowest BCUT2D eigenvalue weighted by atomic mass is 10.1. The Morgan fingerprint density at radius 1 is 1.41 bits per heavy atom. The zero-order valence-electron chi connectivity index (χ0n) is 11.8. The first-order chi connectivity index (χ1) is 10.3. The molecule has 0 amide bonds. The maximum Gasteiger partial charge on any atom is 0.274 e. The summed E-state index contributed by atoms with van der Waals surface area (Å²) in [7, 11) is 0. The summed E-state index contributed by atoms with van der Waals surface area (Å²) in [6, 6.07) is 4.40. The average Bonchev–Trinajstić information content (AvgIpc) is 2.76. The van der Waals surface area contributed by atoms with E-state index in [0.717, 1.165) is 0 Å². The fourth-order valence-corrected chi connectivity index (χ4v) is 2.31. The van der Waals surface area contributed by atoms with Crippen molar-refractivity contribution in [3.8, 4) is 0 Å². The molecule has 0 bridgehead atoms. The third kappa shape index (κ3) is 3.18. The molecule has 0 radical (unpaired) electrons. The second-order valence-corrected chi connectivity index (χ2v) is 5.16. The molecule has 0 saturated carbocycles. The molecule has 1 heterocycles. The number of rotatable bonds is 5. The maximum atomic E-state index is 10.9. The van der Waals surface area contributed by atoms with E-state index in [1.165, 1.54) is 12.1 Å². The van der Waals surface area contributed by atoms with Crippen molar-refractivity contribution in [2.75, 3.05) is 11.9 Å². The molecule has 5 atom stereocenters. The number of anilines is 1. The monoisotopic (exact) mass is 314 g/mol. The van der Waals surface area contributed by atoms with Gasteiger partial charge in [0.1, 0.15) is 24.4 Å². The molecule has 2 rings (SSSR count). The minimum Gasteiger partial charge on any atom is -0.394 e. The van der Waals surface area contributed by atoms with Crippen LogP contribution >= 0.6 is 0 Å². The first-order valence-corrected chi connectivity index (χ1v) is 6.67. The topological polar surface area (TPSA) is 145 Å². The van der Waals surface area contributed by atoms with Crippen LogP contribution < -0.4 is 5.32 Å². The standard InChI is InChI=1S/C13H18N2O7/c1-6-2-3-7(4-8(6)15(20)21)14-13-11(19)10(18)12(22-13)9(17)5-16/h2-4,9-14,16-19H,5H2,1H3/t9?,10-,11-,12-,13+/m1/s1. The molecular formula is C13H18N2O7. The summed E-state index contributed by atoms with van der Waals surface area (Å²) < 4.78 is 5.28. The number of aliphatic hydroxyl groups is 4.